The molecule has 0 aliphatic carbocycles. The number of hydrogen-bond donors (Lipinski definition) is 1. The molecule has 0 aromatic heterocycles. The lowest BCUT2D eigenvalue weighted by Gasteiger charge is -2.22. The molecule has 0 aliphatic heterocycles. The molecule has 0 spiro atoms. The van der Waals surface area contributed by atoms with Gasteiger partial charge in [0.2, 0.25) is 0 Å². The maximum absolute atomic E-state index is 12.0. The Bertz CT molecular complexity index is 505. The zero-order valence-corrected chi connectivity index (χ0v) is 13.5. The van der Waals surface area contributed by atoms with Crippen LogP contribution >= 0.6 is 34.2 Å². The number of nitrogens with one attached hydrogen (secondary N) is 1. The van der Waals surface area contributed by atoms with Crippen molar-refractivity contribution in [1.29, 1.82) is 0 Å². The average Bonchev–Trinajstić information content (AvgIpc) is 2.21. The quantitative estimate of drug-likeness (QED) is 0.806. The number of nitrogens with zero attached hydrogens (tertiary/aromatic N) is 1. The summed E-state index contributed by atoms with van der Waals surface area (Å²) in [5.74, 6) is 0. The van der Waals surface area contributed by atoms with Crippen molar-refractivity contribution in [1.82, 2.24) is 4.31 Å². The molecular formula is C10H14ClIN2O2S. The monoisotopic (exact) mass is 388 g/mol. The van der Waals surface area contributed by atoms with E-state index in [-0.39, 0.29) is 6.04 Å². The Balaban J connectivity index is 2.98. The van der Waals surface area contributed by atoms with Crippen LogP contribution in [0, 0.1) is 3.57 Å². The lowest BCUT2D eigenvalue weighted by Crippen LogP contribution is -2.37. The van der Waals surface area contributed by atoms with Gasteiger partial charge >= 0.3 is 10.2 Å². The van der Waals surface area contributed by atoms with Crippen molar-refractivity contribution in [3.63, 3.8) is 0 Å². The van der Waals surface area contributed by atoms with E-state index in [2.05, 4.69) is 4.72 Å². The van der Waals surface area contributed by atoms with Crippen molar-refractivity contribution < 1.29 is 8.42 Å². The van der Waals surface area contributed by atoms with Crippen LogP contribution in [-0.2, 0) is 10.2 Å². The predicted molar refractivity (Wildman–Crippen MR) is 79.6 cm³/mol. The van der Waals surface area contributed by atoms with Crippen molar-refractivity contribution >= 4 is 50.1 Å². The molecule has 7 heteroatoms. The number of anilines is 1. The van der Waals surface area contributed by atoms with Gasteiger partial charge in [0.25, 0.3) is 0 Å². The lowest BCUT2D eigenvalue weighted by atomic mass is 10.3. The van der Waals surface area contributed by atoms with Gasteiger partial charge in [-0.05, 0) is 54.6 Å². The molecule has 1 rings (SSSR count). The largest absolute Gasteiger partial charge is 0.301 e. The average molecular weight is 389 g/mol. The number of halogens is 2. The van der Waals surface area contributed by atoms with E-state index in [4.69, 9.17) is 11.6 Å². The molecule has 1 N–H and O–H groups in total. The summed E-state index contributed by atoms with van der Waals surface area (Å²) in [6, 6.07) is 4.90. The minimum atomic E-state index is -3.51. The van der Waals surface area contributed by atoms with Crippen LogP contribution in [-0.4, -0.2) is 25.8 Å². The van der Waals surface area contributed by atoms with Crippen LogP contribution in [0.1, 0.15) is 13.8 Å². The third kappa shape index (κ3) is 3.97. The molecule has 0 unspecified atom stereocenters. The first-order chi connectivity index (χ1) is 7.74. The molecule has 0 radical (unpaired) electrons. The van der Waals surface area contributed by atoms with Crippen LogP contribution in [0.25, 0.3) is 0 Å². The molecule has 17 heavy (non-hydrogen) atoms. The van der Waals surface area contributed by atoms with E-state index in [1.54, 1.807) is 18.2 Å². The van der Waals surface area contributed by atoms with E-state index >= 15 is 0 Å². The summed E-state index contributed by atoms with van der Waals surface area (Å²) in [7, 11) is -1.98. The molecule has 1 aromatic rings. The number of hydrogen-bond acceptors (Lipinski definition) is 2. The normalized spacial score (nSPS) is 12.2. The van der Waals surface area contributed by atoms with Crippen molar-refractivity contribution in [3.8, 4) is 0 Å². The third-order valence-electron chi connectivity index (χ3n) is 2.28. The molecule has 0 atom stereocenters. The Morgan fingerprint density at radius 3 is 2.47 bits per heavy atom. The highest BCUT2D eigenvalue weighted by Gasteiger charge is 2.21. The second-order valence-electron chi connectivity index (χ2n) is 3.84. The zero-order valence-electron chi connectivity index (χ0n) is 9.74. The topological polar surface area (TPSA) is 49.4 Å². The zero-order chi connectivity index (χ0) is 13.2. The molecule has 0 heterocycles. The maximum atomic E-state index is 12.0. The van der Waals surface area contributed by atoms with Crippen molar-refractivity contribution in [2.24, 2.45) is 0 Å². The summed E-state index contributed by atoms with van der Waals surface area (Å²) in [6.45, 7) is 3.62. The molecule has 0 saturated heterocycles. The fraction of sp³-hybridized carbons (Fsp3) is 0.400. The lowest BCUT2D eigenvalue weighted by molar-refractivity contribution is 0.414. The Morgan fingerprint density at radius 1 is 1.41 bits per heavy atom. The molecule has 0 fully saturated rings. The Morgan fingerprint density at radius 2 is 2.00 bits per heavy atom. The van der Waals surface area contributed by atoms with Crippen LogP contribution in [0.3, 0.4) is 0 Å². The standard InChI is InChI=1S/C10H14ClIN2O2S/c1-7(2)14(3)17(15,16)13-10-5-4-8(11)6-9(10)12/h4-7,13H,1-3H3. The van der Waals surface area contributed by atoms with Crippen LogP contribution in [0.15, 0.2) is 18.2 Å². The Labute approximate surface area is 121 Å². The van der Waals surface area contributed by atoms with E-state index in [0.717, 1.165) is 3.57 Å². The second kappa shape index (κ2) is 5.73. The molecule has 0 amide bonds. The van der Waals surface area contributed by atoms with E-state index in [1.807, 2.05) is 36.4 Å². The Kier molecular flexibility index (Phi) is 5.06. The minimum Gasteiger partial charge on any atom is -0.270 e. The third-order valence-corrected chi connectivity index (χ3v) is 5.06. The number of rotatable bonds is 4. The molecule has 1 aromatic carbocycles. The summed E-state index contributed by atoms with van der Waals surface area (Å²) < 4.78 is 28.5. The fourth-order valence-corrected chi connectivity index (χ4v) is 3.41. The van der Waals surface area contributed by atoms with E-state index < -0.39 is 10.2 Å². The van der Waals surface area contributed by atoms with Crippen molar-refractivity contribution in [3.05, 3.63) is 26.8 Å². The first-order valence-electron chi connectivity index (χ1n) is 4.95. The van der Waals surface area contributed by atoms with Gasteiger partial charge in [0.05, 0.1) is 5.69 Å². The van der Waals surface area contributed by atoms with Crippen LogP contribution in [0.2, 0.25) is 5.02 Å². The molecule has 0 aliphatic rings. The summed E-state index contributed by atoms with van der Waals surface area (Å²) in [4.78, 5) is 0. The number of benzene rings is 1. The van der Waals surface area contributed by atoms with Gasteiger partial charge in [-0.25, -0.2) is 0 Å². The van der Waals surface area contributed by atoms with Gasteiger partial charge in [0.1, 0.15) is 0 Å². The van der Waals surface area contributed by atoms with Crippen molar-refractivity contribution in [2.45, 2.75) is 19.9 Å². The summed E-state index contributed by atoms with van der Waals surface area (Å²) in [6.07, 6.45) is 0. The SMILES string of the molecule is CC(C)N(C)S(=O)(=O)Nc1ccc(Cl)cc1I. The van der Waals surface area contributed by atoms with E-state index in [1.165, 1.54) is 11.4 Å². The van der Waals surface area contributed by atoms with Gasteiger partial charge in [-0.2, -0.15) is 12.7 Å². The highest BCUT2D eigenvalue weighted by atomic mass is 127. The summed E-state index contributed by atoms with van der Waals surface area (Å²) in [5, 5.41) is 0.578. The van der Waals surface area contributed by atoms with Gasteiger partial charge in [-0.1, -0.05) is 11.6 Å². The highest BCUT2D eigenvalue weighted by molar-refractivity contribution is 14.1. The summed E-state index contributed by atoms with van der Waals surface area (Å²) >= 11 is 7.85. The van der Waals surface area contributed by atoms with Gasteiger partial charge in [-0.15, -0.1) is 0 Å². The highest BCUT2D eigenvalue weighted by Crippen LogP contribution is 2.23. The van der Waals surface area contributed by atoms with Gasteiger partial charge in [0, 0.05) is 21.7 Å². The summed E-state index contributed by atoms with van der Waals surface area (Å²) in [5.41, 5.74) is 0.530. The first-order valence-corrected chi connectivity index (χ1v) is 7.84. The predicted octanol–water partition coefficient (Wildman–Crippen LogP) is 2.94. The Hall–Kier alpha value is -0.0500. The maximum Gasteiger partial charge on any atom is 0.301 e. The van der Waals surface area contributed by atoms with Crippen LogP contribution in [0.4, 0.5) is 5.69 Å². The van der Waals surface area contributed by atoms with Crippen LogP contribution < -0.4 is 4.72 Å². The first kappa shape index (κ1) is 15.0. The van der Waals surface area contributed by atoms with E-state index in [9.17, 15) is 8.42 Å². The van der Waals surface area contributed by atoms with Gasteiger partial charge < -0.3 is 0 Å². The fourth-order valence-electron chi connectivity index (χ4n) is 1.06. The molecule has 4 nitrogen and oxygen atoms in total. The van der Waals surface area contributed by atoms with Crippen LogP contribution in [0.5, 0.6) is 0 Å². The molecular weight excluding hydrogens is 375 g/mol. The smallest absolute Gasteiger partial charge is 0.270 e. The molecule has 96 valence electrons. The minimum absolute atomic E-state index is 0.0996. The molecule has 0 bridgehead atoms. The van der Waals surface area contributed by atoms with Crippen molar-refractivity contribution in [2.75, 3.05) is 11.8 Å². The van der Waals surface area contributed by atoms with Gasteiger partial charge in [0.15, 0.2) is 0 Å². The second-order valence-corrected chi connectivity index (χ2v) is 7.17. The van der Waals surface area contributed by atoms with E-state index in [0.29, 0.717) is 10.7 Å². The molecule has 0 saturated carbocycles. The van der Waals surface area contributed by atoms with Gasteiger partial charge in [-0.3, -0.25) is 4.72 Å².